The van der Waals surface area contributed by atoms with Gasteiger partial charge in [-0.25, -0.2) is 27.3 Å². The normalized spacial score (nSPS) is 12.6. The molecule has 0 aromatic rings. The second-order valence-electron chi connectivity index (χ2n) is 12.3. The SMILES string of the molecule is CCC(O)(F)F.COCC(C)(F)F.COCC(O)COC[C-](F)F.COCOCC(C)(F)F.OC(COCCF)COC[C-](F)F.OCC(O)COCC(O)(F)F.OCC(O)COC[C-](F)F.OF.[Rf].[Rf].[Rf]. The van der Waals surface area contributed by atoms with E-state index in [9.17, 15) is 65.9 Å². The number of aliphatic hydroxyl groups is 8. The largest absolute Gasteiger partial charge is 0.419 e. The predicted molar refractivity (Wildman–Crippen MR) is 205 cm³/mol. The van der Waals surface area contributed by atoms with Gasteiger partial charge >= 0.3 is 12.2 Å². The number of hydrogen-bond acceptors (Lipinski definition) is 18. The molecule has 0 aliphatic carbocycles. The minimum atomic E-state index is -3.88. The zero-order chi connectivity index (χ0) is 56.1. The van der Waals surface area contributed by atoms with Crippen LogP contribution in [0.2, 0.25) is 0 Å². The number of ether oxygens (including phenoxy) is 9. The van der Waals surface area contributed by atoms with Crippen molar-refractivity contribution in [2.75, 3.05) is 134 Å². The molecule has 4 atom stereocenters. The molecule has 0 spiro atoms. The zero-order valence-corrected chi connectivity index (χ0v) is 59.6. The first kappa shape index (κ1) is 93.2. The van der Waals surface area contributed by atoms with Gasteiger partial charge < -0.3 is 110 Å². The van der Waals surface area contributed by atoms with Crippen LogP contribution in [0.3, 0.4) is 0 Å². The fourth-order valence-corrected chi connectivity index (χ4v) is 2.36. The molecule has 0 saturated heterocycles. The van der Waals surface area contributed by atoms with Crippen LogP contribution in [0.25, 0.3) is 0 Å². The fourth-order valence-electron chi connectivity index (χ4n) is 2.36. The van der Waals surface area contributed by atoms with Crippen molar-refractivity contribution >= 4 is 0 Å². The Balaban J connectivity index is -0.0000000668. The van der Waals surface area contributed by atoms with E-state index in [1.165, 1.54) is 28.3 Å². The summed E-state index contributed by atoms with van der Waals surface area (Å²) in [6.07, 6.45) is -17.4. The molecule has 0 aromatic carbocycles. The monoisotopic (exact) mass is 1880 g/mol. The number of aliphatic hydroxyl groups excluding tert-OH is 6. The van der Waals surface area contributed by atoms with Gasteiger partial charge in [0.05, 0.1) is 59.5 Å². The molecule has 0 saturated carbocycles. The van der Waals surface area contributed by atoms with Crippen LogP contribution in [0.5, 0.6) is 0 Å². The van der Waals surface area contributed by atoms with E-state index in [-0.39, 0.29) is 46.4 Å². The van der Waals surface area contributed by atoms with Gasteiger partial charge in [0.1, 0.15) is 57.7 Å². The van der Waals surface area contributed by atoms with Crippen molar-refractivity contribution < 1.29 is 159 Å². The standard InChI is InChI=1S/C7H12F3O3.C6H11F2O3.C5H10F2O4.C5H9F2O3.C5H10F2O2.C4H8F2O.C3H6F2O.FHO.3Rf/c8-1-2-12-3-6(11)4-13-5-7(9)10;1-10-2-5(9)3-11-4-6(7)8;6-5(7,10)3-11-2-4(9)1-8;6-5(7)3-10-2-4(9)1-8;1-5(6,7)3-9-4-8-2;1-4(5,6)3-7-2;1-2-3(4,5)6;1-2;;;/h6,11H,1-5H2;5,9H,2-4H2,1H3;4,8-10H,1-3H2;4,8-9H,1-3H2;3-4H2,1-2H3;3H2,1-2H3;6H,2H2,1H3;2H;;;/q2*-1;;-1;;;;;;;. The number of hydrogen-bond donors (Lipinski definition) is 9. The molecule has 4 unspecified atom stereocenters. The summed E-state index contributed by atoms with van der Waals surface area (Å²) < 4.78 is 219. The van der Waals surface area contributed by atoms with E-state index in [0.717, 1.165) is 13.8 Å². The van der Waals surface area contributed by atoms with Crippen LogP contribution in [-0.4, -0.2) is 229 Å². The molecule has 0 rings (SSSR count). The van der Waals surface area contributed by atoms with E-state index < -0.39 is 140 Å². The van der Waals surface area contributed by atoms with E-state index in [1.807, 2.05) is 0 Å². The molecule has 0 fully saturated rings. The molecule has 436 valence electrons. The van der Waals surface area contributed by atoms with Gasteiger partial charge in [0.25, 0.3) is 11.8 Å². The van der Waals surface area contributed by atoms with Gasteiger partial charge in [-0.1, -0.05) is 11.4 Å². The molecule has 0 aliphatic rings. The van der Waals surface area contributed by atoms with Crippen molar-refractivity contribution in [1.82, 2.24) is 0 Å². The van der Waals surface area contributed by atoms with Crippen LogP contribution in [0, 0.1) is 19.3 Å². The van der Waals surface area contributed by atoms with Gasteiger partial charge in [0, 0.05) is 60.9 Å². The third-order valence-electron chi connectivity index (χ3n) is 4.84. The molecule has 72 heavy (non-hydrogen) atoms. The van der Waals surface area contributed by atoms with Crippen molar-refractivity contribution in [3.05, 3.63) is 19.3 Å². The van der Waals surface area contributed by atoms with Gasteiger partial charge in [-0.2, -0.15) is 17.6 Å². The Morgan fingerprint density at radius 2 is 0.778 bits per heavy atom. The van der Waals surface area contributed by atoms with E-state index in [2.05, 4.69) is 42.6 Å². The van der Waals surface area contributed by atoms with Gasteiger partial charge in [0.2, 0.25) is 0 Å². The number of rotatable bonds is 31. The van der Waals surface area contributed by atoms with Crippen LogP contribution in [0.1, 0.15) is 27.2 Å². The Kier molecular flexibility index (Phi) is 80.6. The topological polar surface area (TPSA) is 265 Å². The maximum absolute atomic E-state index is 11.9. The average molecular weight is 1880 g/mol. The summed E-state index contributed by atoms with van der Waals surface area (Å²) in [6, 6.07) is 0. The average Bonchev–Trinajstić information content (AvgIpc) is 3.21. The first-order chi connectivity index (χ1) is 31.6. The zero-order valence-electron chi connectivity index (χ0n) is 40.4. The molecule has 0 radical (unpaired) electrons. The quantitative estimate of drug-likeness (QED) is 0.0209. The van der Waals surface area contributed by atoms with Crippen LogP contribution in [-0.2, 0) is 42.6 Å². The van der Waals surface area contributed by atoms with Crippen molar-refractivity contribution in [1.29, 1.82) is 0 Å². The van der Waals surface area contributed by atoms with Crippen LogP contribution in [0.15, 0.2) is 0 Å². The van der Waals surface area contributed by atoms with Crippen molar-refractivity contribution in [3.63, 3.8) is 0 Å². The summed E-state index contributed by atoms with van der Waals surface area (Å²) in [5, 5.41) is 72.1. The van der Waals surface area contributed by atoms with Crippen LogP contribution < -0.4 is 0 Å². The molecule has 37 heteroatoms. The maximum Gasteiger partial charge on any atom is 0.376 e. The smallest absolute Gasteiger partial charge is 0.376 e. The first-order valence-electron chi connectivity index (χ1n) is 18.7. The van der Waals surface area contributed by atoms with Gasteiger partial charge in [0.15, 0.2) is 0 Å². The van der Waals surface area contributed by atoms with Gasteiger partial charge in [-0.3, -0.25) is 0 Å². The summed E-state index contributed by atoms with van der Waals surface area (Å²) in [4.78, 5) is 0. The predicted octanol–water partition coefficient (Wildman–Crippen LogP) is 3.34. The Morgan fingerprint density at radius 3 is 1.01 bits per heavy atom. The van der Waals surface area contributed by atoms with E-state index >= 15 is 0 Å². The fraction of sp³-hybridized carbons (Fsp3) is 0.914. The van der Waals surface area contributed by atoms with Crippen LogP contribution in [0.4, 0.5) is 70.4 Å². The molecule has 0 aliphatic heterocycles. The van der Waals surface area contributed by atoms with Crippen LogP contribution >= 0.6 is 0 Å². The van der Waals surface area contributed by atoms with E-state index in [1.54, 1.807) is 0 Å². The second kappa shape index (κ2) is 62.3. The second-order valence-corrected chi connectivity index (χ2v) is 12.3. The minimum absolute atomic E-state index is 0. The Hall–Kier alpha value is -4.84. The van der Waals surface area contributed by atoms with E-state index in [4.69, 9.17) is 50.7 Å². The molecule has 9 N–H and O–H groups in total. The maximum atomic E-state index is 11.9. The summed E-state index contributed by atoms with van der Waals surface area (Å²) >= 11 is 0. The molecule has 0 bridgehead atoms. The van der Waals surface area contributed by atoms with Gasteiger partial charge in [-0.05, 0) is 19.8 Å². The van der Waals surface area contributed by atoms with Gasteiger partial charge in [-0.15, -0.1) is 0 Å². The number of methoxy groups -OCH3 is 3. The first-order valence-corrected chi connectivity index (χ1v) is 18.7. The number of alkyl halides is 9. The molecule has 0 heterocycles. The molecular formula is C35H67F16O18Rf3-3. The molecular weight excluding hydrogens is 1810 g/mol. The Labute approximate surface area is 388 Å². The minimum Gasteiger partial charge on any atom is -0.419 e. The molecule has 0 aromatic heterocycles. The summed E-state index contributed by atoms with van der Waals surface area (Å²) in [7, 11) is 4.04. The van der Waals surface area contributed by atoms with Crippen molar-refractivity contribution in [2.45, 2.75) is 75.7 Å². The third kappa shape index (κ3) is 132. The molecule has 18 nitrogen and oxygen atoms in total. The Morgan fingerprint density at radius 1 is 0.458 bits per heavy atom. The Bertz CT molecular complexity index is 965. The van der Waals surface area contributed by atoms with E-state index in [0.29, 0.717) is 0 Å². The molecule has 0 amide bonds. The number of halogens is 16. The van der Waals surface area contributed by atoms with Crippen molar-refractivity contribution in [3.8, 4) is 0 Å². The summed E-state index contributed by atoms with van der Waals surface area (Å²) in [5.41, 5.74) is 0. The third-order valence-corrected chi connectivity index (χ3v) is 4.84. The van der Waals surface area contributed by atoms with Crippen molar-refractivity contribution in [2.24, 2.45) is 0 Å². The summed E-state index contributed by atoms with van der Waals surface area (Å²) in [6.45, 7) is -4.69. The summed E-state index contributed by atoms with van der Waals surface area (Å²) in [5.74, 6) is -5.42.